The van der Waals surface area contributed by atoms with E-state index in [0.29, 0.717) is 6.42 Å². The van der Waals surface area contributed by atoms with Crippen molar-refractivity contribution >= 4 is 5.97 Å². The molecule has 0 radical (unpaired) electrons. The average Bonchev–Trinajstić information content (AvgIpc) is 2.70. The van der Waals surface area contributed by atoms with Gasteiger partial charge in [-0.3, -0.25) is 4.79 Å². The summed E-state index contributed by atoms with van der Waals surface area (Å²) in [6.07, 6.45) is 26.1. The van der Waals surface area contributed by atoms with Crippen LogP contribution in [0.25, 0.3) is 0 Å². The van der Waals surface area contributed by atoms with Gasteiger partial charge in [0.15, 0.2) is 0 Å². The smallest absolute Gasteiger partial charge is 0.303 e. The van der Waals surface area contributed by atoms with Crippen LogP contribution >= 0.6 is 0 Å². The van der Waals surface area contributed by atoms with E-state index in [1.54, 1.807) is 0 Å². The molecule has 0 aromatic heterocycles. The summed E-state index contributed by atoms with van der Waals surface area (Å²) in [7, 11) is 3.85. The van der Waals surface area contributed by atoms with E-state index in [9.17, 15) is 4.79 Å². The minimum absolute atomic E-state index is 0.257. The lowest BCUT2D eigenvalue weighted by Crippen LogP contribution is -2.15. The first-order valence-electron chi connectivity index (χ1n) is 13.0. The minimum atomic E-state index is -0.651. The van der Waals surface area contributed by atoms with Gasteiger partial charge in [-0.1, -0.05) is 122 Å². The molecule has 0 heterocycles. The fourth-order valence-electron chi connectivity index (χ4n) is 3.55. The van der Waals surface area contributed by atoms with Crippen LogP contribution in [0.3, 0.4) is 0 Å². The Hall–Kier alpha value is -0.610. The van der Waals surface area contributed by atoms with Crippen LogP contribution in [0.2, 0.25) is 0 Å². The van der Waals surface area contributed by atoms with E-state index in [2.05, 4.69) is 6.92 Å². The summed E-state index contributed by atoms with van der Waals surface area (Å²) in [5.41, 5.74) is 0. The highest BCUT2D eigenvalue weighted by Gasteiger charge is 1.97. The summed E-state index contributed by atoms with van der Waals surface area (Å²) >= 11 is 0. The third-order valence-corrected chi connectivity index (χ3v) is 5.54. The molecule has 4 heteroatoms. The van der Waals surface area contributed by atoms with Gasteiger partial charge >= 0.3 is 5.97 Å². The van der Waals surface area contributed by atoms with Crippen LogP contribution in [0.5, 0.6) is 0 Å². The van der Waals surface area contributed by atoms with Crippen molar-refractivity contribution in [2.24, 2.45) is 0 Å². The summed E-state index contributed by atoms with van der Waals surface area (Å²) in [5, 5.41) is 16.8. The molecule has 0 aliphatic heterocycles. The molecular formula is C26H55NO3. The fourth-order valence-corrected chi connectivity index (χ4v) is 3.55. The number of hydrogen-bond acceptors (Lipinski definition) is 3. The van der Waals surface area contributed by atoms with E-state index >= 15 is 0 Å². The lowest BCUT2D eigenvalue weighted by Gasteiger charge is -2.03. The lowest BCUT2D eigenvalue weighted by molar-refractivity contribution is -0.137. The Kier molecular flexibility index (Phi) is 29.9. The average molecular weight is 430 g/mol. The second kappa shape index (κ2) is 28.4. The number of carboxylic acids is 1. The van der Waals surface area contributed by atoms with Crippen molar-refractivity contribution in [3.63, 3.8) is 0 Å². The van der Waals surface area contributed by atoms with Crippen LogP contribution < -0.4 is 0 Å². The topological polar surface area (TPSA) is 60.8 Å². The Balaban J connectivity index is 0. The molecule has 182 valence electrons. The van der Waals surface area contributed by atoms with Gasteiger partial charge in [0.25, 0.3) is 0 Å². The van der Waals surface area contributed by atoms with Crippen molar-refractivity contribution in [2.75, 3.05) is 27.2 Å². The van der Waals surface area contributed by atoms with Crippen molar-refractivity contribution in [1.82, 2.24) is 4.90 Å². The molecule has 0 rings (SSSR count). The normalized spacial score (nSPS) is 10.8. The predicted octanol–water partition coefficient (Wildman–Crippen LogP) is 7.43. The van der Waals surface area contributed by atoms with Gasteiger partial charge in [0.05, 0.1) is 6.61 Å². The quantitative estimate of drug-likeness (QED) is 0.176. The first-order chi connectivity index (χ1) is 14.5. The number of likely N-dealkylation sites (N-methyl/N-ethyl adjacent to an activating group) is 1. The molecule has 0 amide bonds. The van der Waals surface area contributed by atoms with Crippen LogP contribution in [-0.2, 0) is 4.79 Å². The molecule has 0 saturated heterocycles. The maximum absolute atomic E-state index is 10.4. The number of aliphatic hydroxyl groups excluding tert-OH is 1. The zero-order valence-corrected chi connectivity index (χ0v) is 20.8. The number of aliphatic carboxylic acids is 1. The number of nitrogens with zero attached hydrogens (tertiary/aromatic N) is 1. The molecule has 0 aromatic rings. The predicted molar refractivity (Wildman–Crippen MR) is 131 cm³/mol. The molecule has 0 atom stereocenters. The number of hydrogen-bond donors (Lipinski definition) is 2. The minimum Gasteiger partial charge on any atom is -0.481 e. The van der Waals surface area contributed by atoms with Crippen LogP contribution in [0.4, 0.5) is 0 Å². The largest absolute Gasteiger partial charge is 0.481 e. The van der Waals surface area contributed by atoms with Gasteiger partial charge in [-0.05, 0) is 20.5 Å². The second-order valence-electron chi connectivity index (χ2n) is 9.03. The van der Waals surface area contributed by atoms with E-state index in [0.717, 1.165) is 19.4 Å². The monoisotopic (exact) mass is 429 g/mol. The molecular weight excluding hydrogens is 374 g/mol. The molecule has 0 aromatic carbocycles. The van der Waals surface area contributed by atoms with Gasteiger partial charge in [-0.15, -0.1) is 0 Å². The second-order valence-corrected chi connectivity index (χ2v) is 9.03. The summed E-state index contributed by atoms with van der Waals surface area (Å²) in [4.78, 5) is 12.3. The standard InChI is InChI=1S/C22H44O2.C4H11NO/c1-2-3-4-5-6-7-8-9-10-11-12-13-14-15-16-17-18-19-20-21-22(23)24;1-5(2)3-4-6/h2-21H2,1H3,(H,23,24);6H,3-4H2,1-2H3. The molecule has 30 heavy (non-hydrogen) atoms. The third-order valence-electron chi connectivity index (χ3n) is 5.54. The van der Waals surface area contributed by atoms with E-state index in [4.69, 9.17) is 10.2 Å². The van der Waals surface area contributed by atoms with E-state index in [1.807, 2.05) is 19.0 Å². The highest BCUT2D eigenvalue weighted by atomic mass is 16.4. The van der Waals surface area contributed by atoms with Crippen molar-refractivity contribution < 1.29 is 15.0 Å². The maximum Gasteiger partial charge on any atom is 0.303 e. The van der Waals surface area contributed by atoms with Gasteiger partial charge in [0.2, 0.25) is 0 Å². The first kappa shape index (κ1) is 31.6. The molecule has 0 aliphatic rings. The lowest BCUT2D eigenvalue weighted by atomic mass is 10.0. The van der Waals surface area contributed by atoms with Gasteiger partial charge < -0.3 is 15.1 Å². The summed E-state index contributed by atoms with van der Waals surface area (Å²) in [6, 6.07) is 0. The Morgan fingerprint density at radius 1 is 0.600 bits per heavy atom. The van der Waals surface area contributed by atoms with Gasteiger partial charge in [0.1, 0.15) is 0 Å². The third kappa shape index (κ3) is 34.9. The highest BCUT2D eigenvalue weighted by Crippen LogP contribution is 2.14. The molecule has 2 N–H and O–H groups in total. The number of carbonyl (C=O) groups is 1. The van der Waals surface area contributed by atoms with Gasteiger partial charge in [0, 0.05) is 13.0 Å². The van der Waals surface area contributed by atoms with Crippen molar-refractivity contribution in [3.8, 4) is 0 Å². The summed E-state index contributed by atoms with van der Waals surface area (Å²) in [6.45, 7) is 3.30. The first-order valence-corrected chi connectivity index (χ1v) is 13.0. The van der Waals surface area contributed by atoms with Gasteiger partial charge in [-0.2, -0.15) is 0 Å². The molecule has 0 unspecified atom stereocenters. The molecule has 0 aliphatic carbocycles. The van der Waals surface area contributed by atoms with Crippen molar-refractivity contribution in [2.45, 2.75) is 135 Å². The Bertz CT molecular complexity index is 321. The maximum atomic E-state index is 10.4. The number of unbranched alkanes of at least 4 members (excludes halogenated alkanes) is 18. The zero-order chi connectivity index (χ0) is 22.7. The van der Waals surface area contributed by atoms with Crippen LogP contribution in [0.15, 0.2) is 0 Å². The van der Waals surface area contributed by atoms with Gasteiger partial charge in [-0.25, -0.2) is 0 Å². The summed E-state index contributed by atoms with van der Waals surface area (Å²) in [5.74, 6) is -0.651. The van der Waals surface area contributed by atoms with E-state index < -0.39 is 5.97 Å². The molecule has 0 bridgehead atoms. The fraction of sp³-hybridized carbons (Fsp3) is 0.962. The Morgan fingerprint density at radius 2 is 0.900 bits per heavy atom. The Morgan fingerprint density at radius 3 is 1.10 bits per heavy atom. The number of aliphatic hydroxyl groups is 1. The molecule has 0 spiro atoms. The van der Waals surface area contributed by atoms with Crippen LogP contribution in [0.1, 0.15) is 135 Å². The molecule has 0 saturated carbocycles. The number of rotatable bonds is 22. The molecule has 0 fully saturated rings. The zero-order valence-electron chi connectivity index (χ0n) is 20.8. The Labute approximate surface area is 188 Å². The summed E-state index contributed by atoms with van der Waals surface area (Å²) < 4.78 is 0. The van der Waals surface area contributed by atoms with Crippen molar-refractivity contribution in [3.05, 3.63) is 0 Å². The number of carboxylic acid groups (broad SMARTS) is 1. The SMILES string of the molecule is CCCCCCCCCCCCCCCCCCCCCC(=O)O.CN(C)CCO. The molecule has 4 nitrogen and oxygen atoms in total. The van der Waals surface area contributed by atoms with Crippen LogP contribution in [-0.4, -0.2) is 48.3 Å². The highest BCUT2D eigenvalue weighted by molar-refractivity contribution is 5.66. The van der Waals surface area contributed by atoms with Crippen LogP contribution in [0, 0.1) is 0 Å². The van der Waals surface area contributed by atoms with E-state index in [-0.39, 0.29) is 6.61 Å². The van der Waals surface area contributed by atoms with E-state index in [1.165, 1.54) is 109 Å². The van der Waals surface area contributed by atoms with Crippen molar-refractivity contribution in [1.29, 1.82) is 0 Å².